The first-order chi connectivity index (χ1) is 14.6. The molecule has 3 heterocycles. The second kappa shape index (κ2) is 9.51. The monoisotopic (exact) mass is 425 g/mol. The fourth-order valence-corrected chi connectivity index (χ4v) is 4.50. The molecule has 1 fully saturated rings. The summed E-state index contributed by atoms with van der Waals surface area (Å²) in [5, 5.41) is 9.98. The van der Waals surface area contributed by atoms with Crippen LogP contribution in [0.5, 0.6) is 0 Å². The van der Waals surface area contributed by atoms with Crippen LogP contribution in [-0.4, -0.2) is 64.0 Å². The summed E-state index contributed by atoms with van der Waals surface area (Å²) in [7, 11) is 0. The molecule has 0 radical (unpaired) electrons. The second-order valence-electron chi connectivity index (χ2n) is 7.67. The van der Waals surface area contributed by atoms with E-state index in [0.29, 0.717) is 12.2 Å². The lowest BCUT2D eigenvalue weighted by Gasteiger charge is -2.35. The van der Waals surface area contributed by atoms with Crippen LogP contribution in [0.3, 0.4) is 0 Å². The Morgan fingerprint density at radius 3 is 2.77 bits per heavy atom. The van der Waals surface area contributed by atoms with Gasteiger partial charge in [-0.25, -0.2) is 9.67 Å². The van der Waals surface area contributed by atoms with E-state index in [9.17, 15) is 4.79 Å². The van der Waals surface area contributed by atoms with Gasteiger partial charge in [0.05, 0.1) is 24.1 Å². The van der Waals surface area contributed by atoms with Gasteiger partial charge in [-0.3, -0.25) is 9.69 Å². The highest BCUT2D eigenvalue weighted by molar-refractivity contribution is 7.13. The molecule has 158 valence electrons. The van der Waals surface area contributed by atoms with E-state index >= 15 is 0 Å². The molecule has 30 heavy (non-hydrogen) atoms. The fourth-order valence-electron chi connectivity index (χ4n) is 3.73. The summed E-state index contributed by atoms with van der Waals surface area (Å²) in [6.45, 7) is 7.70. The number of benzene rings is 1. The summed E-state index contributed by atoms with van der Waals surface area (Å²) >= 11 is 1.45. The van der Waals surface area contributed by atoms with Gasteiger partial charge >= 0.3 is 0 Å². The lowest BCUT2D eigenvalue weighted by Crippen LogP contribution is -2.46. The minimum Gasteiger partial charge on any atom is -0.373 e. The van der Waals surface area contributed by atoms with Crippen molar-refractivity contribution in [1.82, 2.24) is 25.0 Å². The van der Waals surface area contributed by atoms with Gasteiger partial charge in [0.2, 0.25) is 0 Å². The number of morpholine rings is 1. The van der Waals surface area contributed by atoms with Crippen molar-refractivity contribution in [3.05, 3.63) is 53.8 Å². The SMILES string of the molecule is C[C@H]1CN(CCCNC(=O)c2csc(-c3cnn(-c4ccccc4)c3)n2)C[C@H](C)O1. The number of para-hydroxylation sites is 1. The molecule has 2 aromatic heterocycles. The molecule has 2 atom stereocenters. The first-order valence-corrected chi connectivity index (χ1v) is 11.2. The van der Waals surface area contributed by atoms with Crippen molar-refractivity contribution in [1.29, 1.82) is 0 Å². The number of aromatic nitrogens is 3. The van der Waals surface area contributed by atoms with Gasteiger partial charge in [0.15, 0.2) is 0 Å². The molecular formula is C22H27N5O2S. The number of amides is 1. The number of rotatable bonds is 7. The Kier molecular flexibility index (Phi) is 6.56. The number of nitrogens with one attached hydrogen (secondary N) is 1. The van der Waals surface area contributed by atoms with E-state index in [1.165, 1.54) is 11.3 Å². The van der Waals surface area contributed by atoms with Crippen LogP contribution in [0.1, 0.15) is 30.8 Å². The summed E-state index contributed by atoms with van der Waals surface area (Å²) in [5.74, 6) is -0.128. The van der Waals surface area contributed by atoms with Gasteiger partial charge < -0.3 is 10.1 Å². The summed E-state index contributed by atoms with van der Waals surface area (Å²) in [6.07, 6.45) is 5.15. The zero-order chi connectivity index (χ0) is 20.9. The average molecular weight is 426 g/mol. The summed E-state index contributed by atoms with van der Waals surface area (Å²) in [5.41, 5.74) is 2.34. The number of hydrogen-bond donors (Lipinski definition) is 1. The number of ether oxygens (including phenoxy) is 1. The van der Waals surface area contributed by atoms with E-state index in [1.807, 2.05) is 41.2 Å². The van der Waals surface area contributed by atoms with Crippen molar-refractivity contribution in [2.24, 2.45) is 0 Å². The molecule has 0 spiro atoms. The smallest absolute Gasteiger partial charge is 0.270 e. The van der Waals surface area contributed by atoms with Crippen molar-refractivity contribution >= 4 is 17.2 Å². The molecule has 1 aliphatic rings. The van der Waals surface area contributed by atoms with Gasteiger partial charge in [0.25, 0.3) is 5.91 Å². The molecule has 0 saturated carbocycles. The predicted octanol–water partition coefficient (Wildman–Crippen LogP) is 3.22. The Balaban J connectivity index is 1.28. The highest BCUT2D eigenvalue weighted by Crippen LogP contribution is 2.24. The highest BCUT2D eigenvalue weighted by atomic mass is 32.1. The van der Waals surface area contributed by atoms with E-state index in [2.05, 4.69) is 34.1 Å². The minimum absolute atomic E-state index is 0.128. The van der Waals surface area contributed by atoms with E-state index in [1.54, 1.807) is 11.6 Å². The third kappa shape index (κ3) is 5.13. The first-order valence-electron chi connectivity index (χ1n) is 10.3. The van der Waals surface area contributed by atoms with Crippen LogP contribution in [-0.2, 0) is 4.74 Å². The van der Waals surface area contributed by atoms with Crippen molar-refractivity contribution in [2.75, 3.05) is 26.2 Å². The van der Waals surface area contributed by atoms with Crippen LogP contribution in [0.15, 0.2) is 48.1 Å². The Hall–Kier alpha value is -2.55. The van der Waals surface area contributed by atoms with Crippen LogP contribution >= 0.6 is 11.3 Å². The molecule has 4 rings (SSSR count). The van der Waals surface area contributed by atoms with Crippen LogP contribution in [0.4, 0.5) is 0 Å². The maximum atomic E-state index is 12.4. The van der Waals surface area contributed by atoms with Gasteiger partial charge in [0, 0.05) is 43.3 Å². The standard InChI is InChI=1S/C22H27N5O2S/c1-16-12-26(13-17(2)29-16)10-6-9-23-21(28)20-15-30-22(25-20)18-11-24-27(14-18)19-7-4-3-5-8-19/h3-5,7-8,11,14-17H,6,9-10,12-13H2,1-2H3,(H,23,28)/t16-,17-/m0/s1. The first kappa shape index (κ1) is 20.7. The van der Waals surface area contributed by atoms with Gasteiger partial charge in [0.1, 0.15) is 10.7 Å². The second-order valence-corrected chi connectivity index (χ2v) is 8.53. The highest BCUT2D eigenvalue weighted by Gasteiger charge is 2.21. The van der Waals surface area contributed by atoms with Crippen LogP contribution in [0.2, 0.25) is 0 Å². The van der Waals surface area contributed by atoms with E-state index < -0.39 is 0 Å². The van der Waals surface area contributed by atoms with Gasteiger partial charge in [-0.1, -0.05) is 18.2 Å². The van der Waals surface area contributed by atoms with Gasteiger partial charge in [-0.2, -0.15) is 5.10 Å². The lowest BCUT2D eigenvalue weighted by molar-refractivity contribution is -0.0679. The van der Waals surface area contributed by atoms with Gasteiger partial charge in [-0.05, 0) is 32.4 Å². The third-order valence-electron chi connectivity index (χ3n) is 5.02. The Morgan fingerprint density at radius 1 is 1.23 bits per heavy atom. The molecule has 0 unspecified atom stereocenters. The summed E-state index contributed by atoms with van der Waals surface area (Å²) in [4.78, 5) is 19.4. The van der Waals surface area contributed by atoms with E-state index in [-0.39, 0.29) is 18.1 Å². The maximum absolute atomic E-state index is 12.4. The van der Waals surface area contributed by atoms with Crippen LogP contribution in [0, 0.1) is 0 Å². The third-order valence-corrected chi connectivity index (χ3v) is 5.91. The summed E-state index contributed by atoms with van der Waals surface area (Å²) in [6, 6.07) is 9.92. The van der Waals surface area contributed by atoms with E-state index in [4.69, 9.17) is 4.74 Å². The van der Waals surface area contributed by atoms with Crippen molar-refractivity contribution in [2.45, 2.75) is 32.5 Å². The molecule has 8 heteroatoms. The molecule has 1 N–H and O–H groups in total. The topological polar surface area (TPSA) is 72.3 Å². The molecule has 3 aromatic rings. The van der Waals surface area contributed by atoms with Crippen LogP contribution in [0.25, 0.3) is 16.3 Å². The molecule has 1 amide bonds. The Bertz CT molecular complexity index is 961. The summed E-state index contributed by atoms with van der Waals surface area (Å²) < 4.78 is 7.57. The van der Waals surface area contributed by atoms with Gasteiger partial charge in [-0.15, -0.1) is 11.3 Å². The largest absolute Gasteiger partial charge is 0.373 e. The molecule has 0 aliphatic carbocycles. The number of hydrogen-bond acceptors (Lipinski definition) is 6. The molecule has 1 saturated heterocycles. The number of carbonyl (C=O) groups excluding carboxylic acids is 1. The number of nitrogens with zero attached hydrogens (tertiary/aromatic N) is 4. The van der Waals surface area contributed by atoms with Crippen molar-refractivity contribution in [3.8, 4) is 16.3 Å². The molecule has 0 bridgehead atoms. The zero-order valence-corrected chi connectivity index (χ0v) is 18.1. The zero-order valence-electron chi connectivity index (χ0n) is 17.3. The predicted molar refractivity (Wildman–Crippen MR) is 118 cm³/mol. The van der Waals surface area contributed by atoms with Crippen LogP contribution < -0.4 is 5.32 Å². The molecule has 1 aromatic carbocycles. The Morgan fingerprint density at radius 2 is 2.00 bits per heavy atom. The van der Waals surface area contributed by atoms with Crippen molar-refractivity contribution < 1.29 is 9.53 Å². The fraction of sp³-hybridized carbons (Fsp3) is 0.409. The molecule has 7 nitrogen and oxygen atoms in total. The van der Waals surface area contributed by atoms with Crippen molar-refractivity contribution in [3.63, 3.8) is 0 Å². The number of carbonyl (C=O) groups is 1. The maximum Gasteiger partial charge on any atom is 0.270 e. The lowest BCUT2D eigenvalue weighted by atomic mass is 10.2. The quantitative estimate of drug-likeness (QED) is 0.589. The van der Waals surface area contributed by atoms with E-state index in [0.717, 1.165) is 42.3 Å². The average Bonchev–Trinajstić information content (AvgIpc) is 3.41. The number of thiazole rings is 1. The Labute approximate surface area is 180 Å². The molecular weight excluding hydrogens is 398 g/mol. The molecule has 1 aliphatic heterocycles. The normalized spacial score (nSPS) is 19.7. The minimum atomic E-state index is -0.128.